The van der Waals surface area contributed by atoms with E-state index in [0.29, 0.717) is 0 Å². The van der Waals surface area contributed by atoms with E-state index in [4.69, 9.17) is 8.95 Å². The van der Waals surface area contributed by atoms with E-state index >= 15 is 0 Å². The first-order chi connectivity index (χ1) is 12.3. The fraction of sp³-hybridized carbons (Fsp3) is 0.0952. The molecule has 0 aliphatic carbocycles. The van der Waals surface area contributed by atoms with Crippen LogP contribution < -0.4 is 5.19 Å². The van der Waals surface area contributed by atoms with Crippen molar-refractivity contribution in [2.45, 2.75) is 12.7 Å². The van der Waals surface area contributed by atoms with Gasteiger partial charge in [-0.3, -0.25) is 0 Å². The maximum absolute atomic E-state index is 6.60. The van der Waals surface area contributed by atoms with E-state index in [1.807, 2.05) is 73.3 Å². The molecule has 1 aliphatic rings. The summed E-state index contributed by atoms with van der Waals surface area (Å²) >= 11 is 0. The lowest BCUT2D eigenvalue weighted by atomic mass is 9.99. The van der Waals surface area contributed by atoms with Gasteiger partial charge < -0.3 is 8.95 Å². The smallest absolute Gasteiger partial charge is 0.416 e. The van der Waals surface area contributed by atoms with Gasteiger partial charge in [-0.1, -0.05) is 96.2 Å². The van der Waals surface area contributed by atoms with Crippen molar-refractivity contribution in [3.8, 4) is 0 Å². The molecule has 0 amide bonds. The average Bonchev–Trinajstić information content (AvgIpc) is 2.70. The molecule has 0 aromatic heterocycles. The SMILES string of the molecule is C[Si]1(c2ccccc2)ON=C(c2ccccc2)C(c2ccccc2)O1. The van der Waals surface area contributed by atoms with Gasteiger partial charge in [0.2, 0.25) is 0 Å². The van der Waals surface area contributed by atoms with Gasteiger partial charge in [-0.2, -0.15) is 0 Å². The van der Waals surface area contributed by atoms with Gasteiger partial charge in [-0.05, 0) is 12.1 Å². The van der Waals surface area contributed by atoms with Crippen LogP contribution in [0.2, 0.25) is 6.55 Å². The molecule has 2 unspecified atom stereocenters. The molecule has 0 spiro atoms. The molecule has 124 valence electrons. The number of oxime groups is 1. The molecule has 0 saturated carbocycles. The Hall–Kier alpha value is -2.69. The summed E-state index contributed by atoms with van der Waals surface area (Å²) < 4.78 is 12.6. The van der Waals surface area contributed by atoms with Crippen LogP contribution in [0.3, 0.4) is 0 Å². The molecule has 4 rings (SSSR count). The molecule has 1 heterocycles. The van der Waals surface area contributed by atoms with Crippen LogP contribution in [0.1, 0.15) is 17.2 Å². The molecular weight excluding hydrogens is 326 g/mol. The first kappa shape index (κ1) is 15.8. The maximum atomic E-state index is 6.60. The lowest BCUT2D eigenvalue weighted by Crippen LogP contribution is -2.54. The van der Waals surface area contributed by atoms with Crippen LogP contribution in [0, 0.1) is 0 Å². The molecule has 0 N–H and O–H groups in total. The second kappa shape index (κ2) is 6.67. The highest BCUT2D eigenvalue weighted by Crippen LogP contribution is 2.31. The molecule has 3 aromatic carbocycles. The summed E-state index contributed by atoms with van der Waals surface area (Å²) in [5.41, 5.74) is 2.91. The standard InChI is InChI=1S/C21H19NO2Si/c1-25(19-15-9-4-10-16-19)23-21(18-13-7-3-8-14-18)20(22-24-25)17-11-5-2-6-12-17/h2-16,21H,1H3. The number of nitrogens with zero attached hydrogens (tertiary/aromatic N) is 1. The van der Waals surface area contributed by atoms with Crippen molar-refractivity contribution in [3.05, 3.63) is 102 Å². The third-order valence-corrected chi connectivity index (χ3v) is 6.89. The van der Waals surface area contributed by atoms with Gasteiger partial charge in [0.1, 0.15) is 11.8 Å². The topological polar surface area (TPSA) is 30.8 Å². The molecule has 0 fully saturated rings. The second-order valence-corrected chi connectivity index (χ2v) is 9.04. The largest absolute Gasteiger partial charge is 0.458 e. The molecule has 0 radical (unpaired) electrons. The number of hydrogen-bond acceptors (Lipinski definition) is 3. The average molecular weight is 345 g/mol. The zero-order chi connectivity index (χ0) is 17.1. The van der Waals surface area contributed by atoms with Crippen molar-refractivity contribution in [1.29, 1.82) is 0 Å². The molecule has 2 atom stereocenters. The maximum Gasteiger partial charge on any atom is 0.458 e. The van der Waals surface area contributed by atoms with Crippen molar-refractivity contribution in [2.24, 2.45) is 5.16 Å². The Morgan fingerprint density at radius 3 is 1.96 bits per heavy atom. The molecule has 25 heavy (non-hydrogen) atoms. The van der Waals surface area contributed by atoms with Crippen LogP contribution in [0.4, 0.5) is 0 Å². The molecule has 1 aliphatic heterocycles. The van der Waals surface area contributed by atoms with Gasteiger partial charge in [-0.25, -0.2) is 0 Å². The zero-order valence-corrected chi connectivity index (χ0v) is 15.0. The van der Waals surface area contributed by atoms with Gasteiger partial charge in [0, 0.05) is 10.8 Å². The third-order valence-electron chi connectivity index (χ3n) is 4.38. The van der Waals surface area contributed by atoms with E-state index in [1.165, 1.54) is 0 Å². The van der Waals surface area contributed by atoms with Crippen LogP contribution in [-0.2, 0) is 8.95 Å². The van der Waals surface area contributed by atoms with E-state index < -0.39 is 8.56 Å². The highest BCUT2D eigenvalue weighted by Gasteiger charge is 2.45. The molecule has 0 saturated heterocycles. The van der Waals surface area contributed by atoms with Gasteiger partial charge in [-0.15, -0.1) is 0 Å². The predicted octanol–water partition coefficient (Wildman–Crippen LogP) is 4.16. The quantitative estimate of drug-likeness (QED) is 0.668. The predicted molar refractivity (Wildman–Crippen MR) is 102 cm³/mol. The molecule has 3 nitrogen and oxygen atoms in total. The fourth-order valence-electron chi connectivity index (χ4n) is 3.01. The van der Waals surface area contributed by atoms with Crippen molar-refractivity contribution in [1.82, 2.24) is 0 Å². The van der Waals surface area contributed by atoms with E-state index in [2.05, 4.69) is 29.4 Å². The lowest BCUT2D eigenvalue weighted by molar-refractivity contribution is 0.141. The van der Waals surface area contributed by atoms with Crippen molar-refractivity contribution in [3.63, 3.8) is 0 Å². The first-order valence-electron chi connectivity index (χ1n) is 8.36. The molecule has 3 aromatic rings. The van der Waals surface area contributed by atoms with Gasteiger partial charge in [0.15, 0.2) is 0 Å². The summed E-state index contributed by atoms with van der Waals surface area (Å²) in [6.45, 7) is 2.05. The highest BCUT2D eigenvalue weighted by atomic mass is 28.4. The highest BCUT2D eigenvalue weighted by molar-refractivity contribution is 6.80. The Morgan fingerprint density at radius 2 is 1.32 bits per heavy atom. The Labute approximate surface area is 148 Å². The Kier molecular flexibility index (Phi) is 4.22. The summed E-state index contributed by atoms with van der Waals surface area (Å²) in [7, 11) is -2.62. The minimum Gasteiger partial charge on any atom is -0.416 e. The van der Waals surface area contributed by atoms with Crippen LogP contribution in [0.5, 0.6) is 0 Å². The summed E-state index contributed by atoms with van der Waals surface area (Å²) in [5, 5.41) is 5.62. The fourth-order valence-corrected chi connectivity index (χ4v) is 5.07. The van der Waals surface area contributed by atoms with Gasteiger partial charge >= 0.3 is 8.56 Å². The summed E-state index contributed by atoms with van der Waals surface area (Å²) in [5.74, 6) is 0. The van der Waals surface area contributed by atoms with Gasteiger partial charge in [0.25, 0.3) is 0 Å². The van der Waals surface area contributed by atoms with Crippen LogP contribution in [0.15, 0.2) is 96.2 Å². The minimum absolute atomic E-state index is 0.241. The zero-order valence-electron chi connectivity index (χ0n) is 14.0. The molecular formula is C21H19NO2Si. The number of benzene rings is 3. The van der Waals surface area contributed by atoms with Crippen LogP contribution >= 0.6 is 0 Å². The van der Waals surface area contributed by atoms with Crippen molar-refractivity contribution < 1.29 is 8.95 Å². The number of rotatable bonds is 3. The Balaban J connectivity index is 1.79. The lowest BCUT2D eigenvalue weighted by Gasteiger charge is -2.35. The Bertz CT molecular complexity index is 868. The van der Waals surface area contributed by atoms with Crippen molar-refractivity contribution in [2.75, 3.05) is 0 Å². The van der Waals surface area contributed by atoms with E-state index in [1.54, 1.807) is 0 Å². The summed E-state index contributed by atoms with van der Waals surface area (Å²) in [4.78, 5) is 0. The van der Waals surface area contributed by atoms with Crippen LogP contribution in [-0.4, -0.2) is 14.3 Å². The molecule has 0 bridgehead atoms. The molecule has 4 heteroatoms. The summed E-state index contributed by atoms with van der Waals surface area (Å²) in [6.07, 6.45) is -0.241. The monoisotopic (exact) mass is 345 g/mol. The minimum atomic E-state index is -2.62. The Morgan fingerprint density at radius 1 is 0.760 bits per heavy atom. The van der Waals surface area contributed by atoms with E-state index in [9.17, 15) is 0 Å². The van der Waals surface area contributed by atoms with E-state index in [-0.39, 0.29) is 6.10 Å². The van der Waals surface area contributed by atoms with Gasteiger partial charge in [0.05, 0.1) is 0 Å². The normalized spacial score (nSPS) is 22.8. The first-order valence-corrected chi connectivity index (χ1v) is 10.7. The van der Waals surface area contributed by atoms with Crippen molar-refractivity contribution >= 4 is 19.5 Å². The van der Waals surface area contributed by atoms with Crippen LogP contribution in [0.25, 0.3) is 0 Å². The number of hydrogen-bond donors (Lipinski definition) is 0. The third kappa shape index (κ3) is 3.14. The van der Waals surface area contributed by atoms with E-state index in [0.717, 1.165) is 22.0 Å². The summed E-state index contributed by atoms with van der Waals surface area (Å²) in [6, 6.07) is 30.4. The second-order valence-electron chi connectivity index (χ2n) is 6.15.